The summed E-state index contributed by atoms with van der Waals surface area (Å²) in [6.45, 7) is 0.462. The number of hydrazine groups is 1. The van der Waals surface area contributed by atoms with Gasteiger partial charge < -0.3 is 14.3 Å². The first kappa shape index (κ1) is 22.2. The first-order chi connectivity index (χ1) is 16.5. The Morgan fingerprint density at radius 1 is 0.912 bits per heavy atom. The van der Waals surface area contributed by atoms with E-state index in [1.165, 1.54) is 24.5 Å². The van der Waals surface area contributed by atoms with Crippen LogP contribution in [0.2, 0.25) is 0 Å². The van der Waals surface area contributed by atoms with Crippen molar-refractivity contribution in [2.24, 2.45) is 0 Å². The lowest BCUT2D eigenvalue weighted by Crippen LogP contribution is -2.41. The Bertz CT molecular complexity index is 1360. The van der Waals surface area contributed by atoms with Crippen LogP contribution in [0.25, 0.3) is 11.1 Å². The molecule has 0 bridgehead atoms. The number of nitriles is 1. The normalized spacial score (nSPS) is 10.2. The fourth-order valence-electron chi connectivity index (χ4n) is 3.11. The van der Waals surface area contributed by atoms with Crippen LogP contribution < -0.4 is 15.6 Å². The molecular formula is C26H19N3O5. The number of carbonyl (C=O) groups excluding carboxylic acids is 2. The fraction of sp³-hybridized carbons (Fsp3) is 0.0385. The molecule has 0 unspecified atom stereocenters. The van der Waals surface area contributed by atoms with Crippen LogP contribution in [0.4, 0.5) is 0 Å². The average Bonchev–Trinajstić information content (AvgIpc) is 3.37. The number of nitrogens with one attached hydrogen (secondary N) is 2. The van der Waals surface area contributed by atoms with Crippen LogP contribution in [0.15, 0.2) is 89.5 Å². The second-order valence-electron chi connectivity index (χ2n) is 7.25. The van der Waals surface area contributed by atoms with Crippen LogP contribution >= 0.6 is 0 Å². The van der Waals surface area contributed by atoms with Gasteiger partial charge in [0.25, 0.3) is 5.91 Å². The van der Waals surface area contributed by atoms with Crippen LogP contribution in [0, 0.1) is 11.3 Å². The molecule has 2 amide bonds. The molecule has 1 heterocycles. The Hall–Kier alpha value is -5.03. The topological polar surface area (TPSA) is 125 Å². The van der Waals surface area contributed by atoms with Crippen molar-refractivity contribution in [3.63, 3.8) is 0 Å². The van der Waals surface area contributed by atoms with Gasteiger partial charge in [0, 0.05) is 11.1 Å². The van der Waals surface area contributed by atoms with Gasteiger partial charge in [0.15, 0.2) is 5.76 Å². The molecule has 0 aliphatic heterocycles. The Balaban J connectivity index is 1.34. The highest BCUT2D eigenvalue weighted by Crippen LogP contribution is 2.25. The number of phenols is 1. The van der Waals surface area contributed by atoms with Crippen molar-refractivity contribution < 1.29 is 23.8 Å². The zero-order chi connectivity index (χ0) is 23.9. The number of phenolic OH excluding ortho intramolecular Hbond substituents is 1. The zero-order valence-corrected chi connectivity index (χ0v) is 17.8. The smallest absolute Gasteiger partial charge is 0.305 e. The van der Waals surface area contributed by atoms with Crippen molar-refractivity contribution >= 4 is 11.8 Å². The minimum absolute atomic E-state index is 0.00289. The number of nitrogens with zero attached hydrogens (tertiary/aromatic N) is 1. The van der Waals surface area contributed by atoms with Crippen molar-refractivity contribution in [3.8, 4) is 28.7 Å². The number of amides is 2. The number of ether oxygens (including phenoxy) is 1. The molecule has 34 heavy (non-hydrogen) atoms. The van der Waals surface area contributed by atoms with Crippen LogP contribution in [-0.2, 0) is 6.61 Å². The van der Waals surface area contributed by atoms with E-state index in [4.69, 9.17) is 14.4 Å². The van der Waals surface area contributed by atoms with Crippen molar-refractivity contribution in [2.75, 3.05) is 0 Å². The molecule has 0 spiro atoms. The van der Waals surface area contributed by atoms with E-state index in [0.29, 0.717) is 17.9 Å². The summed E-state index contributed by atoms with van der Waals surface area (Å²) in [5, 5.41) is 18.5. The van der Waals surface area contributed by atoms with E-state index in [-0.39, 0.29) is 22.6 Å². The summed E-state index contributed by atoms with van der Waals surface area (Å²) in [5.74, 6) is -0.819. The fourth-order valence-corrected chi connectivity index (χ4v) is 3.11. The molecule has 8 heteroatoms. The molecule has 4 aromatic rings. The third-order valence-electron chi connectivity index (χ3n) is 4.93. The van der Waals surface area contributed by atoms with Gasteiger partial charge in [-0.05, 0) is 47.5 Å². The van der Waals surface area contributed by atoms with Crippen molar-refractivity contribution in [1.29, 1.82) is 5.26 Å². The average molecular weight is 453 g/mol. The van der Waals surface area contributed by atoms with Crippen molar-refractivity contribution in [2.45, 2.75) is 6.61 Å². The van der Waals surface area contributed by atoms with E-state index in [0.717, 1.165) is 11.1 Å². The highest BCUT2D eigenvalue weighted by atomic mass is 16.5. The second kappa shape index (κ2) is 10.1. The molecule has 4 rings (SSSR count). The quantitative estimate of drug-likeness (QED) is 0.376. The second-order valence-corrected chi connectivity index (χ2v) is 7.25. The van der Waals surface area contributed by atoms with E-state index in [9.17, 15) is 14.7 Å². The molecule has 0 atom stereocenters. The summed E-state index contributed by atoms with van der Waals surface area (Å²) >= 11 is 0. The molecular weight excluding hydrogens is 434 g/mol. The molecule has 0 fully saturated rings. The number of carbonyl (C=O) groups is 2. The number of furan rings is 1. The highest BCUT2D eigenvalue weighted by molar-refractivity contribution is 5.98. The Labute approximate surface area is 195 Å². The van der Waals surface area contributed by atoms with Gasteiger partial charge in [-0.3, -0.25) is 20.4 Å². The lowest BCUT2D eigenvalue weighted by Gasteiger charge is -2.07. The monoisotopic (exact) mass is 453 g/mol. The van der Waals surface area contributed by atoms with E-state index in [2.05, 4.69) is 10.9 Å². The minimum Gasteiger partial charge on any atom is -0.507 e. The molecule has 1 aromatic heterocycles. The standard InChI is InChI=1S/C26H19N3O5/c27-14-20-12-19(8-11-23(20)30)25(31)28-29-26(32)24-13-21(16-34-24)18-6-9-22(10-7-18)33-15-17-4-2-1-3-5-17/h1-13,16,30H,15H2,(H,28,31)(H,29,32). The summed E-state index contributed by atoms with van der Waals surface area (Å²) in [4.78, 5) is 24.5. The number of rotatable bonds is 6. The van der Waals surface area contributed by atoms with E-state index >= 15 is 0 Å². The van der Waals surface area contributed by atoms with E-state index < -0.39 is 11.8 Å². The molecule has 0 aliphatic carbocycles. The first-order valence-corrected chi connectivity index (χ1v) is 10.2. The third-order valence-corrected chi connectivity index (χ3v) is 4.93. The summed E-state index contributed by atoms with van der Waals surface area (Å²) < 4.78 is 11.1. The van der Waals surface area contributed by atoms with Crippen LogP contribution in [0.5, 0.6) is 11.5 Å². The molecule has 8 nitrogen and oxygen atoms in total. The van der Waals surface area contributed by atoms with Crippen molar-refractivity contribution in [3.05, 3.63) is 108 Å². The van der Waals surface area contributed by atoms with E-state index in [1.54, 1.807) is 12.1 Å². The Kier molecular flexibility index (Phi) is 6.56. The number of hydrogen-bond donors (Lipinski definition) is 3. The summed E-state index contributed by atoms with van der Waals surface area (Å²) in [5.41, 5.74) is 7.13. The maximum Gasteiger partial charge on any atom is 0.305 e. The van der Waals surface area contributed by atoms with Gasteiger partial charge in [-0.25, -0.2) is 0 Å². The van der Waals surface area contributed by atoms with E-state index in [1.807, 2.05) is 54.6 Å². The van der Waals surface area contributed by atoms with Crippen molar-refractivity contribution in [1.82, 2.24) is 10.9 Å². The SMILES string of the molecule is N#Cc1cc(C(=O)NNC(=O)c2cc(-c3ccc(OCc4ccccc4)cc3)co2)ccc1O. The van der Waals surface area contributed by atoms with Gasteiger partial charge >= 0.3 is 5.91 Å². The number of aromatic hydroxyl groups is 1. The Morgan fingerprint density at radius 2 is 1.65 bits per heavy atom. The molecule has 0 saturated carbocycles. The molecule has 0 radical (unpaired) electrons. The summed E-state index contributed by atoms with van der Waals surface area (Å²) in [7, 11) is 0. The predicted molar refractivity (Wildman–Crippen MR) is 123 cm³/mol. The summed E-state index contributed by atoms with van der Waals surface area (Å²) in [6, 6.07) is 24.3. The van der Waals surface area contributed by atoms with Crippen LogP contribution in [0.1, 0.15) is 32.0 Å². The van der Waals surface area contributed by atoms with Gasteiger partial charge in [0.1, 0.15) is 24.2 Å². The largest absolute Gasteiger partial charge is 0.507 e. The summed E-state index contributed by atoms with van der Waals surface area (Å²) in [6.07, 6.45) is 1.44. The van der Waals surface area contributed by atoms with Gasteiger partial charge in [-0.15, -0.1) is 0 Å². The zero-order valence-electron chi connectivity index (χ0n) is 17.8. The van der Waals surface area contributed by atoms with Gasteiger partial charge in [-0.2, -0.15) is 5.26 Å². The first-order valence-electron chi connectivity index (χ1n) is 10.2. The Morgan fingerprint density at radius 3 is 2.38 bits per heavy atom. The molecule has 0 saturated heterocycles. The van der Waals surface area contributed by atoms with Crippen LogP contribution in [0.3, 0.4) is 0 Å². The predicted octanol–water partition coefficient (Wildman–Crippen LogP) is 4.18. The molecule has 3 N–H and O–H groups in total. The molecule has 168 valence electrons. The molecule has 3 aromatic carbocycles. The molecule has 0 aliphatic rings. The maximum absolute atomic E-state index is 12.3. The van der Waals surface area contributed by atoms with Gasteiger partial charge in [0.05, 0.1) is 11.8 Å². The van der Waals surface area contributed by atoms with Gasteiger partial charge in [-0.1, -0.05) is 42.5 Å². The highest BCUT2D eigenvalue weighted by Gasteiger charge is 2.15. The maximum atomic E-state index is 12.3. The number of hydrogen-bond acceptors (Lipinski definition) is 6. The third kappa shape index (κ3) is 5.23. The van der Waals surface area contributed by atoms with Crippen LogP contribution in [-0.4, -0.2) is 16.9 Å². The lowest BCUT2D eigenvalue weighted by molar-refractivity contribution is 0.0831. The minimum atomic E-state index is -0.651. The number of benzene rings is 3. The lowest BCUT2D eigenvalue weighted by atomic mass is 10.1. The van der Waals surface area contributed by atoms with Gasteiger partial charge in [0.2, 0.25) is 0 Å².